The first kappa shape index (κ1) is 13.4. The van der Waals surface area contributed by atoms with Crippen molar-refractivity contribution in [3.05, 3.63) is 53.1 Å². The van der Waals surface area contributed by atoms with E-state index in [1.807, 2.05) is 30.3 Å². The van der Waals surface area contributed by atoms with Crippen LogP contribution >= 0.6 is 34.7 Å². The largest absolute Gasteiger partial charge is 0.384 e. The first-order chi connectivity index (χ1) is 9.63. The van der Waals surface area contributed by atoms with Crippen LogP contribution in [-0.4, -0.2) is 10.8 Å². The summed E-state index contributed by atoms with van der Waals surface area (Å²) in [6.45, 7) is 0. The van der Waals surface area contributed by atoms with Crippen molar-refractivity contribution in [3.63, 3.8) is 0 Å². The Bertz CT molecular complexity index is 765. The number of rotatable bonds is 3. The van der Waals surface area contributed by atoms with E-state index in [1.165, 1.54) is 11.8 Å². The lowest BCUT2D eigenvalue weighted by Crippen LogP contribution is -2.12. The molecule has 2 aromatic carbocycles. The fourth-order valence-electron chi connectivity index (χ4n) is 1.79. The molecule has 0 spiro atoms. The zero-order valence-corrected chi connectivity index (χ0v) is 12.6. The van der Waals surface area contributed by atoms with Crippen molar-refractivity contribution in [1.29, 1.82) is 5.41 Å². The number of benzene rings is 2. The second kappa shape index (κ2) is 5.44. The Morgan fingerprint density at radius 3 is 2.80 bits per heavy atom. The quantitative estimate of drug-likeness (QED) is 0.556. The average molecular weight is 320 g/mol. The van der Waals surface area contributed by atoms with Crippen molar-refractivity contribution >= 4 is 50.8 Å². The summed E-state index contributed by atoms with van der Waals surface area (Å²) in [4.78, 5) is 5.42. The molecule has 3 N–H and O–H groups in total. The monoisotopic (exact) mass is 319 g/mol. The molecular formula is C14H10ClN3S2. The molecule has 0 aliphatic heterocycles. The fourth-order valence-corrected chi connectivity index (χ4v) is 4.24. The number of aromatic nitrogens is 1. The molecule has 0 radical (unpaired) electrons. The van der Waals surface area contributed by atoms with E-state index < -0.39 is 0 Å². The van der Waals surface area contributed by atoms with Crippen LogP contribution in [0.1, 0.15) is 5.56 Å². The number of hydrogen-bond donors (Lipinski definition) is 2. The maximum Gasteiger partial charge on any atom is 0.155 e. The van der Waals surface area contributed by atoms with Crippen molar-refractivity contribution in [2.75, 3.05) is 0 Å². The van der Waals surface area contributed by atoms with Gasteiger partial charge in [-0.15, -0.1) is 11.3 Å². The molecule has 3 nitrogen and oxygen atoms in total. The number of thiazole rings is 1. The standard InChI is InChI=1S/C14H10ClN3S2/c15-8-5-6-9(13(16)17)12(7-8)20-14-18-10-3-1-2-4-11(10)19-14/h1-7H,(H3,16,17). The molecule has 0 atom stereocenters. The molecular weight excluding hydrogens is 310 g/mol. The van der Waals surface area contributed by atoms with E-state index >= 15 is 0 Å². The highest BCUT2D eigenvalue weighted by atomic mass is 35.5. The Hall–Kier alpha value is -1.56. The summed E-state index contributed by atoms with van der Waals surface area (Å²) >= 11 is 9.13. The lowest BCUT2D eigenvalue weighted by Gasteiger charge is -2.06. The van der Waals surface area contributed by atoms with Gasteiger partial charge in [-0.25, -0.2) is 4.98 Å². The van der Waals surface area contributed by atoms with E-state index in [4.69, 9.17) is 22.7 Å². The van der Waals surface area contributed by atoms with Crippen LogP contribution in [0.3, 0.4) is 0 Å². The third-order valence-corrected chi connectivity index (χ3v) is 5.10. The minimum atomic E-state index is 0.0327. The summed E-state index contributed by atoms with van der Waals surface area (Å²) in [6.07, 6.45) is 0. The Labute approximate surface area is 129 Å². The summed E-state index contributed by atoms with van der Waals surface area (Å²) < 4.78 is 2.05. The highest BCUT2D eigenvalue weighted by Gasteiger charge is 2.11. The predicted molar refractivity (Wildman–Crippen MR) is 86.2 cm³/mol. The van der Waals surface area contributed by atoms with Crippen LogP contribution in [-0.2, 0) is 0 Å². The zero-order valence-electron chi connectivity index (χ0n) is 10.3. The number of halogens is 1. The van der Waals surface area contributed by atoms with E-state index in [0.717, 1.165) is 19.5 Å². The predicted octanol–water partition coefficient (Wildman–Crippen LogP) is 4.38. The van der Waals surface area contributed by atoms with Crippen molar-refractivity contribution in [3.8, 4) is 0 Å². The van der Waals surface area contributed by atoms with Gasteiger partial charge >= 0.3 is 0 Å². The third-order valence-electron chi connectivity index (χ3n) is 2.71. The van der Waals surface area contributed by atoms with Crippen molar-refractivity contribution in [2.45, 2.75) is 9.24 Å². The summed E-state index contributed by atoms with van der Waals surface area (Å²) in [5, 5.41) is 8.25. The normalized spacial score (nSPS) is 10.8. The van der Waals surface area contributed by atoms with Crippen LogP contribution in [0.5, 0.6) is 0 Å². The van der Waals surface area contributed by atoms with Crippen LogP contribution in [0, 0.1) is 5.41 Å². The molecule has 0 unspecified atom stereocenters. The Morgan fingerprint density at radius 2 is 2.05 bits per heavy atom. The second-order valence-electron chi connectivity index (χ2n) is 4.10. The van der Waals surface area contributed by atoms with Crippen molar-refractivity contribution in [2.24, 2.45) is 5.73 Å². The van der Waals surface area contributed by atoms with Gasteiger partial charge in [0.15, 0.2) is 4.34 Å². The van der Waals surface area contributed by atoms with Crippen LogP contribution in [0.4, 0.5) is 0 Å². The molecule has 1 aromatic heterocycles. The molecule has 0 amide bonds. The molecule has 3 aromatic rings. The molecule has 1 heterocycles. The molecule has 3 rings (SSSR count). The second-order valence-corrected chi connectivity index (χ2v) is 6.86. The van der Waals surface area contributed by atoms with Gasteiger partial charge in [0, 0.05) is 15.5 Å². The average Bonchev–Trinajstić information content (AvgIpc) is 2.80. The minimum Gasteiger partial charge on any atom is -0.384 e. The maximum absolute atomic E-state index is 7.62. The third kappa shape index (κ3) is 2.65. The van der Waals surface area contributed by atoms with Gasteiger partial charge in [0.1, 0.15) is 5.84 Å². The van der Waals surface area contributed by atoms with E-state index in [-0.39, 0.29) is 5.84 Å². The lowest BCUT2D eigenvalue weighted by atomic mass is 10.2. The topological polar surface area (TPSA) is 62.8 Å². The molecule has 0 bridgehead atoms. The molecule has 6 heteroatoms. The highest BCUT2D eigenvalue weighted by molar-refractivity contribution is 8.01. The highest BCUT2D eigenvalue weighted by Crippen LogP contribution is 2.36. The number of para-hydroxylation sites is 1. The summed E-state index contributed by atoms with van der Waals surface area (Å²) in [7, 11) is 0. The summed E-state index contributed by atoms with van der Waals surface area (Å²) in [5.74, 6) is 0.0327. The molecule has 0 aliphatic carbocycles. The molecule has 100 valence electrons. The summed E-state index contributed by atoms with van der Waals surface area (Å²) in [5.41, 5.74) is 7.26. The van der Waals surface area contributed by atoms with E-state index in [2.05, 4.69) is 4.98 Å². The summed E-state index contributed by atoms with van der Waals surface area (Å²) in [6, 6.07) is 13.3. The van der Waals surface area contributed by atoms with Gasteiger partial charge in [0.2, 0.25) is 0 Å². The fraction of sp³-hybridized carbons (Fsp3) is 0. The number of nitrogens with one attached hydrogen (secondary N) is 1. The number of hydrogen-bond acceptors (Lipinski definition) is 4. The van der Waals surface area contributed by atoms with Crippen LogP contribution < -0.4 is 5.73 Å². The molecule has 0 saturated heterocycles. The van der Waals surface area contributed by atoms with E-state index in [0.29, 0.717) is 10.6 Å². The molecule has 0 saturated carbocycles. The van der Waals surface area contributed by atoms with Gasteiger partial charge in [-0.3, -0.25) is 5.41 Å². The van der Waals surface area contributed by atoms with Gasteiger partial charge in [0.25, 0.3) is 0 Å². The van der Waals surface area contributed by atoms with Gasteiger partial charge in [-0.05, 0) is 30.3 Å². The number of nitrogen functional groups attached to an aromatic ring is 1. The Kier molecular flexibility index (Phi) is 3.65. The van der Waals surface area contributed by atoms with Gasteiger partial charge in [-0.1, -0.05) is 35.5 Å². The molecule has 20 heavy (non-hydrogen) atoms. The number of amidine groups is 1. The van der Waals surface area contributed by atoms with E-state index in [1.54, 1.807) is 23.5 Å². The first-order valence-corrected chi connectivity index (χ1v) is 7.82. The number of fused-ring (bicyclic) bond motifs is 1. The van der Waals surface area contributed by atoms with Crippen molar-refractivity contribution < 1.29 is 0 Å². The number of nitrogens with two attached hydrogens (primary N) is 1. The zero-order chi connectivity index (χ0) is 14.1. The first-order valence-electron chi connectivity index (χ1n) is 5.81. The van der Waals surface area contributed by atoms with Crippen LogP contribution in [0.2, 0.25) is 5.02 Å². The number of nitrogens with zero attached hydrogens (tertiary/aromatic N) is 1. The van der Waals surface area contributed by atoms with Crippen LogP contribution in [0.15, 0.2) is 51.7 Å². The van der Waals surface area contributed by atoms with Gasteiger partial charge < -0.3 is 5.73 Å². The minimum absolute atomic E-state index is 0.0327. The van der Waals surface area contributed by atoms with E-state index in [9.17, 15) is 0 Å². The molecule has 0 fully saturated rings. The SMILES string of the molecule is N=C(N)c1ccc(Cl)cc1Sc1nc2ccccc2s1. The van der Waals surface area contributed by atoms with Gasteiger partial charge in [0.05, 0.1) is 10.2 Å². The Balaban J connectivity index is 2.01. The van der Waals surface area contributed by atoms with Crippen molar-refractivity contribution in [1.82, 2.24) is 4.98 Å². The lowest BCUT2D eigenvalue weighted by molar-refractivity contribution is 1.28. The molecule has 0 aliphatic rings. The maximum atomic E-state index is 7.62. The van der Waals surface area contributed by atoms with Crippen LogP contribution in [0.25, 0.3) is 10.2 Å². The van der Waals surface area contributed by atoms with Gasteiger partial charge in [-0.2, -0.15) is 0 Å². The Morgan fingerprint density at radius 1 is 1.25 bits per heavy atom. The smallest absolute Gasteiger partial charge is 0.155 e.